The van der Waals surface area contributed by atoms with Gasteiger partial charge in [0.05, 0.1) is 18.3 Å². The Bertz CT molecular complexity index is 688. The van der Waals surface area contributed by atoms with E-state index in [2.05, 4.69) is 24.9 Å². The summed E-state index contributed by atoms with van der Waals surface area (Å²) in [5, 5.41) is 45.1. The summed E-state index contributed by atoms with van der Waals surface area (Å²) in [6.45, 7) is 8.77. The molecular weight excluding hydrogens is 354 g/mol. The van der Waals surface area contributed by atoms with Gasteiger partial charge in [0.1, 0.15) is 5.60 Å². The topological polar surface area (TPSA) is 93.3 Å². The molecule has 9 atom stereocenters. The van der Waals surface area contributed by atoms with Crippen molar-refractivity contribution in [3.05, 3.63) is 11.6 Å². The van der Waals surface area contributed by atoms with Crippen LogP contribution in [-0.2, 0) is 0 Å². The zero-order chi connectivity index (χ0) is 20.5. The normalized spacial score (nSPS) is 52.3. The first-order chi connectivity index (χ1) is 13.1. The molecule has 5 heteroatoms. The molecule has 0 aromatic carbocycles. The van der Waals surface area contributed by atoms with Crippen molar-refractivity contribution in [1.82, 2.24) is 0 Å². The fraction of sp³-hybridized carbons (Fsp3) is 0.870. The molecule has 3 fully saturated rings. The molecule has 4 aliphatic carbocycles. The Labute approximate surface area is 168 Å². The van der Waals surface area contributed by atoms with Gasteiger partial charge >= 0.3 is 0 Å². The molecule has 0 amide bonds. The number of aliphatic imine (C=N–C) groups is 1. The van der Waals surface area contributed by atoms with Crippen molar-refractivity contribution in [2.45, 2.75) is 83.7 Å². The Kier molecular flexibility index (Phi) is 4.86. The maximum atomic E-state index is 11.8. The van der Waals surface area contributed by atoms with E-state index in [0.717, 1.165) is 31.4 Å². The van der Waals surface area contributed by atoms with Crippen LogP contribution in [0.3, 0.4) is 0 Å². The number of fused-ring (bicyclic) bond motifs is 2. The molecule has 0 heterocycles. The van der Waals surface area contributed by atoms with Gasteiger partial charge < -0.3 is 20.4 Å². The Hall–Kier alpha value is -0.750. The van der Waals surface area contributed by atoms with E-state index in [-0.39, 0.29) is 23.7 Å². The fourth-order valence-corrected chi connectivity index (χ4v) is 7.38. The molecule has 158 valence electrons. The van der Waals surface area contributed by atoms with Gasteiger partial charge in [-0.3, -0.25) is 4.99 Å². The van der Waals surface area contributed by atoms with E-state index in [9.17, 15) is 20.4 Å². The highest BCUT2D eigenvalue weighted by atomic mass is 16.4. The van der Waals surface area contributed by atoms with Gasteiger partial charge in [-0.2, -0.15) is 0 Å². The highest BCUT2D eigenvalue weighted by Crippen LogP contribution is 2.66. The first-order valence-corrected chi connectivity index (χ1v) is 11.1. The van der Waals surface area contributed by atoms with E-state index in [4.69, 9.17) is 0 Å². The summed E-state index contributed by atoms with van der Waals surface area (Å²) in [5.41, 5.74) is -1.55. The van der Waals surface area contributed by atoms with Crippen LogP contribution < -0.4 is 0 Å². The molecule has 0 saturated heterocycles. The monoisotopic (exact) mass is 391 g/mol. The molecule has 0 aromatic rings. The van der Waals surface area contributed by atoms with Crippen LogP contribution in [0.1, 0.15) is 59.8 Å². The van der Waals surface area contributed by atoms with E-state index in [1.165, 1.54) is 0 Å². The smallest absolute Gasteiger partial charge is 0.101 e. The average Bonchev–Trinajstić information content (AvgIpc) is 2.89. The third kappa shape index (κ3) is 2.43. The predicted molar refractivity (Wildman–Crippen MR) is 109 cm³/mol. The third-order valence-corrected chi connectivity index (χ3v) is 9.10. The fourth-order valence-electron chi connectivity index (χ4n) is 7.38. The largest absolute Gasteiger partial charge is 0.392 e. The Morgan fingerprint density at radius 1 is 1.14 bits per heavy atom. The predicted octanol–water partition coefficient (Wildman–Crippen LogP) is 2.32. The molecule has 0 radical (unpaired) electrons. The van der Waals surface area contributed by atoms with Gasteiger partial charge in [0.15, 0.2) is 0 Å². The van der Waals surface area contributed by atoms with Crippen molar-refractivity contribution in [2.24, 2.45) is 39.5 Å². The zero-order valence-electron chi connectivity index (χ0n) is 17.7. The molecule has 28 heavy (non-hydrogen) atoms. The third-order valence-electron chi connectivity index (χ3n) is 9.10. The van der Waals surface area contributed by atoms with Crippen LogP contribution >= 0.6 is 0 Å². The first kappa shape index (κ1) is 20.5. The lowest BCUT2D eigenvalue weighted by molar-refractivity contribution is -0.177. The van der Waals surface area contributed by atoms with Gasteiger partial charge in [0.2, 0.25) is 0 Å². The van der Waals surface area contributed by atoms with Gasteiger partial charge in [-0.25, -0.2) is 0 Å². The summed E-state index contributed by atoms with van der Waals surface area (Å²) in [5.74, 6) is 0.192. The van der Waals surface area contributed by atoms with Crippen molar-refractivity contribution >= 4 is 6.21 Å². The minimum atomic E-state index is -1.35. The van der Waals surface area contributed by atoms with Gasteiger partial charge in [0, 0.05) is 29.5 Å². The number of aliphatic hydroxyl groups is 4. The molecule has 0 aromatic heterocycles. The van der Waals surface area contributed by atoms with Gasteiger partial charge in [-0.1, -0.05) is 33.8 Å². The number of nitrogens with zero attached hydrogens (tertiary/aromatic N) is 1. The molecule has 2 bridgehead atoms. The second-order valence-corrected chi connectivity index (χ2v) is 10.5. The van der Waals surface area contributed by atoms with E-state index in [1.807, 2.05) is 20.1 Å². The Morgan fingerprint density at radius 3 is 2.54 bits per heavy atom. The number of hydrogen-bond donors (Lipinski definition) is 4. The van der Waals surface area contributed by atoms with E-state index >= 15 is 0 Å². The van der Waals surface area contributed by atoms with Gasteiger partial charge in [0.25, 0.3) is 0 Å². The van der Waals surface area contributed by atoms with E-state index in [1.54, 1.807) is 0 Å². The maximum Gasteiger partial charge on any atom is 0.101 e. The standard InChI is InChI=1S/C23H37NO4/c1-5-8-24-12-14-10-22-11-19(26)23(28)17(9-18(25)21(23,3)4)13(2)16(22)7-6-15(14)20(22)27/h10,12-13,15-20,25-28H,5-9,11H2,1-4H3/t13-,15-,16-,17-,18-,19+,20+,22+,23-/m0/s1. The number of aliphatic hydroxyl groups excluding tert-OH is 3. The lowest BCUT2D eigenvalue weighted by Gasteiger charge is -2.47. The Balaban J connectivity index is 1.78. The Morgan fingerprint density at radius 2 is 1.86 bits per heavy atom. The highest BCUT2D eigenvalue weighted by molar-refractivity contribution is 5.81. The quantitative estimate of drug-likeness (QED) is 0.556. The summed E-state index contributed by atoms with van der Waals surface area (Å²) in [6, 6.07) is 0. The van der Waals surface area contributed by atoms with Gasteiger partial charge in [-0.15, -0.1) is 0 Å². The maximum absolute atomic E-state index is 11.8. The zero-order valence-corrected chi connectivity index (χ0v) is 17.7. The SMILES string of the molecule is CCCN=CC1=C[C@@]23C[C@@H](O)[C@@]4(O)[C@@H](C[C@H](O)C4(C)C)[C@@H](C)[C@@H]2CC[C@@H]1[C@H]3O. The van der Waals surface area contributed by atoms with Crippen molar-refractivity contribution in [3.63, 3.8) is 0 Å². The molecule has 4 rings (SSSR count). The van der Waals surface area contributed by atoms with Crippen molar-refractivity contribution in [3.8, 4) is 0 Å². The summed E-state index contributed by atoms with van der Waals surface area (Å²) >= 11 is 0. The van der Waals surface area contributed by atoms with Crippen LogP contribution in [0.4, 0.5) is 0 Å². The number of rotatable bonds is 3. The summed E-state index contributed by atoms with van der Waals surface area (Å²) in [4.78, 5) is 4.52. The summed E-state index contributed by atoms with van der Waals surface area (Å²) in [6.07, 6.45) is 5.69. The van der Waals surface area contributed by atoms with Crippen LogP contribution in [-0.4, -0.2) is 57.1 Å². The van der Waals surface area contributed by atoms with Crippen LogP contribution in [0.15, 0.2) is 16.6 Å². The number of hydrogen-bond acceptors (Lipinski definition) is 5. The van der Waals surface area contributed by atoms with E-state index < -0.39 is 34.7 Å². The minimum absolute atomic E-state index is 0.0717. The molecule has 3 saturated carbocycles. The molecular formula is C23H37NO4. The van der Waals surface area contributed by atoms with Crippen molar-refractivity contribution < 1.29 is 20.4 Å². The lowest BCUT2D eigenvalue weighted by atomic mass is 9.59. The average molecular weight is 392 g/mol. The van der Waals surface area contributed by atoms with Crippen LogP contribution in [0.5, 0.6) is 0 Å². The minimum Gasteiger partial charge on any atom is -0.392 e. The molecule has 1 spiro atoms. The second kappa shape index (κ2) is 6.63. The molecule has 0 unspecified atom stereocenters. The summed E-state index contributed by atoms with van der Waals surface area (Å²) in [7, 11) is 0. The van der Waals surface area contributed by atoms with E-state index in [0.29, 0.717) is 12.8 Å². The highest BCUT2D eigenvalue weighted by Gasteiger charge is 2.70. The summed E-state index contributed by atoms with van der Waals surface area (Å²) < 4.78 is 0. The molecule has 4 N–H and O–H groups in total. The van der Waals surface area contributed by atoms with Crippen LogP contribution in [0, 0.1) is 34.5 Å². The van der Waals surface area contributed by atoms with Crippen LogP contribution in [0.2, 0.25) is 0 Å². The van der Waals surface area contributed by atoms with Crippen molar-refractivity contribution in [2.75, 3.05) is 6.54 Å². The molecule has 0 aliphatic heterocycles. The molecule has 5 nitrogen and oxygen atoms in total. The lowest BCUT2D eigenvalue weighted by Crippen LogP contribution is -2.57. The first-order valence-electron chi connectivity index (χ1n) is 11.1. The van der Waals surface area contributed by atoms with Gasteiger partial charge in [-0.05, 0) is 55.4 Å². The second-order valence-electron chi connectivity index (χ2n) is 10.5. The van der Waals surface area contributed by atoms with Crippen LogP contribution in [0.25, 0.3) is 0 Å². The molecule has 4 aliphatic rings. The van der Waals surface area contributed by atoms with Crippen molar-refractivity contribution in [1.29, 1.82) is 0 Å².